The molecule has 0 N–H and O–H groups in total. The molecule has 0 aromatic rings. The fourth-order valence-electron chi connectivity index (χ4n) is 6.45. The van der Waals surface area contributed by atoms with Gasteiger partial charge in [-0.25, -0.2) is 0 Å². The van der Waals surface area contributed by atoms with E-state index in [-0.39, 0.29) is 31.1 Å². The topological polar surface area (TPSA) is 78.9 Å². The van der Waals surface area contributed by atoms with Crippen LogP contribution in [0.25, 0.3) is 0 Å². The Kier molecular flexibility index (Phi) is 37.4. The molecule has 0 spiro atoms. The lowest BCUT2D eigenvalue weighted by Gasteiger charge is -2.18. The first-order valence-electron chi connectivity index (χ1n) is 21.9. The molecule has 0 rings (SSSR count). The van der Waals surface area contributed by atoms with Gasteiger partial charge in [0.1, 0.15) is 13.2 Å². The van der Waals surface area contributed by atoms with Gasteiger partial charge in [-0.15, -0.1) is 0 Å². The normalized spacial score (nSPS) is 11.9. The van der Waals surface area contributed by atoms with Crippen LogP contribution >= 0.6 is 0 Å². The van der Waals surface area contributed by atoms with Crippen molar-refractivity contribution in [1.29, 1.82) is 0 Å². The van der Waals surface area contributed by atoms with Gasteiger partial charge in [0, 0.05) is 19.3 Å². The smallest absolute Gasteiger partial charge is 0.306 e. The lowest BCUT2D eigenvalue weighted by atomic mass is 10.0. The summed E-state index contributed by atoms with van der Waals surface area (Å²) in [5.41, 5.74) is 0. The molecule has 0 aromatic carbocycles. The first-order chi connectivity index (χ1) is 24.4. The molecule has 0 saturated heterocycles. The number of carbonyl (C=O) groups excluding carboxylic acids is 3. The highest BCUT2D eigenvalue weighted by Gasteiger charge is 2.19. The van der Waals surface area contributed by atoms with E-state index in [1.165, 1.54) is 135 Å². The van der Waals surface area contributed by atoms with Crippen LogP contribution in [0.5, 0.6) is 0 Å². The Labute approximate surface area is 310 Å². The number of esters is 3. The molecule has 296 valence electrons. The Bertz CT molecular complexity index is 751. The predicted molar refractivity (Wildman–Crippen MR) is 210 cm³/mol. The van der Waals surface area contributed by atoms with Crippen molar-refractivity contribution in [3.63, 3.8) is 0 Å². The highest BCUT2D eigenvalue weighted by molar-refractivity contribution is 5.71. The molecule has 6 heteroatoms. The van der Waals surface area contributed by atoms with Crippen LogP contribution in [0.4, 0.5) is 0 Å². The molecular formula is C44H84O6. The summed E-state index contributed by atoms with van der Waals surface area (Å²) in [6, 6.07) is 0. The van der Waals surface area contributed by atoms with E-state index in [4.69, 9.17) is 14.2 Å². The number of rotatable bonds is 39. The van der Waals surface area contributed by atoms with Crippen molar-refractivity contribution in [3.05, 3.63) is 0 Å². The second kappa shape index (κ2) is 38.6. The van der Waals surface area contributed by atoms with E-state index < -0.39 is 6.10 Å². The predicted octanol–water partition coefficient (Wildman–Crippen LogP) is 13.6. The minimum Gasteiger partial charge on any atom is -0.462 e. The summed E-state index contributed by atoms with van der Waals surface area (Å²) in [6.45, 7) is 8.90. The van der Waals surface area contributed by atoms with Crippen LogP contribution in [-0.2, 0) is 28.6 Å². The van der Waals surface area contributed by atoms with Gasteiger partial charge in [0.05, 0.1) is 0 Å². The standard InChI is InChI=1S/C44H84O6/c1-5-7-9-11-13-14-15-16-17-18-19-20-24-27-31-35-42(45)48-38-41(50-44(47)37-33-29-22-12-10-8-6-2)39-49-43(46)36-32-28-25-21-23-26-30-34-40(3)4/h40-41H,5-39H2,1-4H3/t41-/m0/s1. The molecule has 0 unspecified atom stereocenters. The molecule has 0 heterocycles. The quantitative estimate of drug-likeness (QED) is 0.0359. The molecule has 0 aliphatic carbocycles. The fourth-order valence-corrected chi connectivity index (χ4v) is 6.45. The van der Waals surface area contributed by atoms with Gasteiger partial charge in [-0.3, -0.25) is 14.4 Å². The molecule has 50 heavy (non-hydrogen) atoms. The third kappa shape index (κ3) is 37.7. The van der Waals surface area contributed by atoms with Crippen LogP contribution in [0.1, 0.15) is 240 Å². The highest BCUT2D eigenvalue weighted by atomic mass is 16.6. The van der Waals surface area contributed by atoms with E-state index in [2.05, 4.69) is 27.7 Å². The molecule has 0 aliphatic rings. The largest absolute Gasteiger partial charge is 0.462 e. The van der Waals surface area contributed by atoms with Gasteiger partial charge < -0.3 is 14.2 Å². The molecule has 0 bridgehead atoms. The van der Waals surface area contributed by atoms with Gasteiger partial charge in [0.2, 0.25) is 0 Å². The number of hydrogen-bond acceptors (Lipinski definition) is 6. The Morgan fingerprint density at radius 3 is 0.980 bits per heavy atom. The second-order valence-corrected chi connectivity index (χ2v) is 15.5. The molecule has 0 amide bonds. The number of ether oxygens (including phenoxy) is 3. The van der Waals surface area contributed by atoms with Crippen molar-refractivity contribution in [3.8, 4) is 0 Å². The fraction of sp³-hybridized carbons (Fsp3) is 0.932. The first kappa shape index (κ1) is 48.4. The zero-order valence-electron chi connectivity index (χ0n) is 33.9. The van der Waals surface area contributed by atoms with E-state index in [0.29, 0.717) is 19.3 Å². The van der Waals surface area contributed by atoms with E-state index >= 15 is 0 Å². The zero-order valence-corrected chi connectivity index (χ0v) is 33.9. The summed E-state index contributed by atoms with van der Waals surface area (Å²) < 4.78 is 16.6. The van der Waals surface area contributed by atoms with Crippen LogP contribution in [0.2, 0.25) is 0 Å². The van der Waals surface area contributed by atoms with E-state index in [9.17, 15) is 14.4 Å². The molecular weight excluding hydrogens is 624 g/mol. The Balaban J connectivity index is 4.23. The summed E-state index contributed by atoms with van der Waals surface area (Å²) in [6.07, 6.45) is 36.8. The maximum Gasteiger partial charge on any atom is 0.306 e. The first-order valence-corrected chi connectivity index (χ1v) is 21.9. The third-order valence-electron chi connectivity index (χ3n) is 9.79. The molecule has 0 radical (unpaired) electrons. The lowest BCUT2D eigenvalue weighted by Crippen LogP contribution is -2.30. The van der Waals surface area contributed by atoms with Crippen LogP contribution in [0, 0.1) is 5.92 Å². The minimum atomic E-state index is -0.758. The highest BCUT2D eigenvalue weighted by Crippen LogP contribution is 2.16. The van der Waals surface area contributed by atoms with E-state index in [1.54, 1.807) is 0 Å². The molecule has 6 nitrogen and oxygen atoms in total. The molecule has 0 aromatic heterocycles. The van der Waals surface area contributed by atoms with Crippen molar-refractivity contribution in [2.45, 2.75) is 246 Å². The van der Waals surface area contributed by atoms with Crippen molar-refractivity contribution in [2.24, 2.45) is 5.92 Å². The van der Waals surface area contributed by atoms with Gasteiger partial charge >= 0.3 is 17.9 Å². The number of hydrogen-bond donors (Lipinski definition) is 0. The number of unbranched alkanes of at least 4 members (excludes halogenated alkanes) is 26. The second-order valence-electron chi connectivity index (χ2n) is 15.5. The van der Waals surface area contributed by atoms with Gasteiger partial charge in [0.15, 0.2) is 6.10 Å². The SMILES string of the molecule is CCCCCCCCCCCCCCCCCC(=O)OC[C@@H](COC(=O)CCCCCCCCCC(C)C)OC(=O)CCCCCCCCC. The Hall–Kier alpha value is -1.59. The molecule has 1 atom stereocenters. The van der Waals surface area contributed by atoms with Crippen molar-refractivity contribution >= 4 is 17.9 Å². The molecule has 0 saturated carbocycles. The minimum absolute atomic E-state index is 0.0651. The summed E-state index contributed by atoms with van der Waals surface area (Å²) in [4.78, 5) is 37.5. The third-order valence-corrected chi connectivity index (χ3v) is 9.79. The molecule has 0 aliphatic heterocycles. The van der Waals surface area contributed by atoms with Crippen molar-refractivity contribution in [2.75, 3.05) is 13.2 Å². The average Bonchev–Trinajstić information content (AvgIpc) is 3.09. The number of carbonyl (C=O) groups is 3. The van der Waals surface area contributed by atoms with Crippen LogP contribution < -0.4 is 0 Å². The zero-order chi connectivity index (χ0) is 36.8. The van der Waals surface area contributed by atoms with Crippen molar-refractivity contribution in [1.82, 2.24) is 0 Å². The molecule has 0 fully saturated rings. The maximum atomic E-state index is 12.6. The van der Waals surface area contributed by atoms with Crippen LogP contribution in [0.3, 0.4) is 0 Å². The van der Waals surface area contributed by atoms with Gasteiger partial charge in [-0.2, -0.15) is 0 Å². The van der Waals surface area contributed by atoms with Crippen LogP contribution in [0.15, 0.2) is 0 Å². The maximum absolute atomic E-state index is 12.6. The Morgan fingerprint density at radius 2 is 0.660 bits per heavy atom. The summed E-state index contributed by atoms with van der Waals surface area (Å²) >= 11 is 0. The van der Waals surface area contributed by atoms with Gasteiger partial charge in [-0.05, 0) is 25.2 Å². The monoisotopic (exact) mass is 709 g/mol. The summed E-state index contributed by atoms with van der Waals surface area (Å²) in [5.74, 6) is -0.0843. The average molecular weight is 709 g/mol. The Morgan fingerprint density at radius 1 is 0.380 bits per heavy atom. The van der Waals surface area contributed by atoms with Crippen LogP contribution in [-0.4, -0.2) is 37.2 Å². The van der Waals surface area contributed by atoms with E-state index in [1.807, 2.05) is 0 Å². The van der Waals surface area contributed by atoms with Gasteiger partial charge in [-0.1, -0.05) is 201 Å². The van der Waals surface area contributed by atoms with Gasteiger partial charge in [0.25, 0.3) is 0 Å². The van der Waals surface area contributed by atoms with Crippen molar-refractivity contribution < 1.29 is 28.6 Å². The summed E-state index contributed by atoms with van der Waals surface area (Å²) in [5, 5.41) is 0. The lowest BCUT2D eigenvalue weighted by molar-refractivity contribution is -0.167. The summed E-state index contributed by atoms with van der Waals surface area (Å²) in [7, 11) is 0. The van der Waals surface area contributed by atoms with E-state index in [0.717, 1.165) is 63.7 Å².